The Labute approximate surface area is 113 Å². The van der Waals surface area contributed by atoms with E-state index in [2.05, 4.69) is 34.1 Å². The number of hydrogen-bond acceptors (Lipinski definition) is 2. The highest BCUT2D eigenvalue weighted by atomic mass is 32.1. The van der Waals surface area contributed by atoms with Crippen LogP contribution >= 0.6 is 12.2 Å². The maximum Gasteiger partial charge on any atom is 0.187 e. The van der Waals surface area contributed by atoms with Crippen LogP contribution in [0.15, 0.2) is 41.0 Å². The number of nitrogens with zero attached hydrogens (tertiary/aromatic N) is 1. The molecule has 0 heterocycles. The van der Waals surface area contributed by atoms with Gasteiger partial charge in [0.1, 0.15) is 0 Å². The Kier molecular flexibility index (Phi) is 4.47. The van der Waals surface area contributed by atoms with Crippen molar-refractivity contribution in [3.05, 3.63) is 41.5 Å². The standard InChI is InChI=1S/C14H17N3S/c1-11(9-12-5-3-2-4-6-12)10-15-17-14(18)16-13-7-8-13/h2-6,9-10,13H,7-8H2,1H3,(H2,16,17,18). The summed E-state index contributed by atoms with van der Waals surface area (Å²) in [5, 5.41) is 7.86. The quantitative estimate of drug-likeness (QED) is 0.496. The monoisotopic (exact) mass is 259 g/mol. The lowest BCUT2D eigenvalue weighted by Crippen LogP contribution is -2.33. The van der Waals surface area contributed by atoms with Crippen molar-refractivity contribution in [3.63, 3.8) is 0 Å². The minimum Gasteiger partial charge on any atom is -0.359 e. The molecule has 0 aromatic heterocycles. The van der Waals surface area contributed by atoms with Crippen molar-refractivity contribution in [2.24, 2.45) is 5.10 Å². The molecule has 0 bridgehead atoms. The summed E-state index contributed by atoms with van der Waals surface area (Å²) < 4.78 is 0. The topological polar surface area (TPSA) is 36.4 Å². The molecule has 0 spiro atoms. The van der Waals surface area contributed by atoms with E-state index in [9.17, 15) is 0 Å². The zero-order valence-corrected chi connectivity index (χ0v) is 11.2. The van der Waals surface area contributed by atoms with E-state index in [4.69, 9.17) is 12.2 Å². The molecule has 0 unspecified atom stereocenters. The molecule has 3 nitrogen and oxygen atoms in total. The number of hydrogen-bond donors (Lipinski definition) is 2. The highest BCUT2D eigenvalue weighted by Crippen LogP contribution is 2.18. The van der Waals surface area contributed by atoms with E-state index in [0.717, 1.165) is 5.57 Å². The molecular formula is C14H17N3S. The largest absolute Gasteiger partial charge is 0.359 e. The second-order valence-electron chi connectivity index (χ2n) is 4.42. The van der Waals surface area contributed by atoms with Gasteiger partial charge in [-0.3, -0.25) is 5.43 Å². The van der Waals surface area contributed by atoms with Crippen LogP contribution in [0.4, 0.5) is 0 Å². The van der Waals surface area contributed by atoms with Crippen molar-refractivity contribution in [2.75, 3.05) is 0 Å². The number of thiocarbonyl (C=S) groups is 1. The summed E-state index contributed by atoms with van der Waals surface area (Å²) in [6.07, 6.45) is 6.26. The average molecular weight is 259 g/mol. The van der Waals surface area contributed by atoms with Gasteiger partial charge in [-0.1, -0.05) is 36.4 Å². The van der Waals surface area contributed by atoms with Crippen LogP contribution in [-0.2, 0) is 0 Å². The highest BCUT2D eigenvalue weighted by molar-refractivity contribution is 7.80. The Balaban J connectivity index is 1.80. The van der Waals surface area contributed by atoms with Gasteiger partial charge < -0.3 is 5.32 Å². The first-order chi connectivity index (χ1) is 8.74. The summed E-state index contributed by atoms with van der Waals surface area (Å²) in [5.74, 6) is 0. The van der Waals surface area contributed by atoms with Gasteiger partial charge in [0.15, 0.2) is 5.11 Å². The van der Waals surface area contributed by atoms with Crippen LogP contribution in [0.2, 0.25) is 0 Å². The third kappa shape index (κ3) is 4.67. The lowest BCUT2D eigenvalue weighted by molar-refractivity contribution is 0.863. The zero-order chi connectivity index (χ0) is 12.8. The summed E-state index contributed by atoms with van der Waals surface area (Å²) in [6, 6.07) is 10.7. The van der Waals surface area contributed by atoms with Gasteiger partial charge in [0.05, 0.1) is 6.21 Å². The Hall–Kier alpha value is -1.68. The predicted octanol–water partition coefficient (Wildman–Crippen LogP) is 2.70. The molecule has 0 amide bonds. The van der Waals surface area contributed by atoms with E-state index in [1.807, 2.05) is 25.1 Å². The molecule has 2 rings (SSSR count). The van der Waals surface area contributed by atoms with Crippen molar-refractivity contribution >= 4 is 29.6 Å². The van der Waals surface area contributed by atoms with Gasteiger partial charge in [-0.25, -0.2) is 0 Å². The number of allylic oxidation sites excluding steroid dienone is 1. The molecule has 1 aliphatic carbocycles. The molecular weight excluding hydrogens is 242 g/mol. The molecule has 0 atom stereocenters. The van der Waals surface area contributed by atoms with E-state index in [0.29, 0.717) is 11.2 Å². The van der Waals surface area contributed by atoms with E-state index in [-0.39, 0.29) is 0 Å². The van der Waals surface area contributed by atoms with Crippen molar-refractivity contribution in [1.82, 2.24) is 10.7 Å². The van der Waals surface area contributed by atoms with Crippen LogP contribution in [-0.4, -0.2) is 17.4 Å². The third-order valence-electron chi connectivity index (χ3n) is 2.54. The Morgan fingerprint density at radius 2 is 2.06 bits per heavy atom. The van der Waals surface area contributed by atoms with Crippen LogP contribution in [0.3, 0.4) is 0 Å². The molecule has 0 saturated heterocycles. The van der Waals surface area contributed by atoms with Crippen molar-refractivity contribution in [3.8, 4) is 0 Å². The lowest BCUT2D eigenvalue weighted by Gasteiger charge is -2.03. The molecule has 18 heavy (non-hydrogen) atoms. The lowest BCUT2D eigenvalue weighted by atomic mass is 10.1. The maximum atomic E-state index is 5.10. The Bertz CT molecular complexity index is 461. The van der Waals surface area contributed by atoms with Crippen LogP contribution in [0, 0.1) is 0 Å². The van der Waals surface area contributed by atoms with Gasteiger partial charge in [-0.2, -0.15) is 5.10 Å². The first-order valence-electron chi connectivity index (χ1n) is 6.07. The summed E-state index contributed by atoms with van der Waals surface area (Å²) in [5.41, 5.74) is 5.06. The summed E-state index contributed by atoms with van der Waals surface area (Å²) in [6.45, 7) is 2.01. The van der Waals surface area contributed by atoms with Gasteiger partial charge in [-0.15, -0.1) is 0 Å². The molecule has 1 fully saturated rings. The predicted molar refractivity (Wildman–Crippen MR) is 80.5 cm³/mol. The van der Waals surface area contributed by atoms with Gasteiger partial charge in [0.2, 0.25) is 0 Å². The second kappa shape index (κ2) is 6.31. The third-order valence-corrected chi connectivity index (χ3v) is 2.75. The summed E-state index contributed by atoms with van der Waals surface area (Å²) >= 11 is 5.10. The zero-order valence-electron chi connectivity index (χ0n) is 10.4. The molecule has 2 N–H and O–H groups in total. The average Bonchev–Trinajstić information content (AvgIpc) is 3.14. The molecule has 1 aromatic rings. The van der Waals surface area contributed by atoms with Gasteiger partial charge in [0.25, 0.3) is 0 Å². The highest BCUT2D eigenvalue weighted by Gasteiger charge is 2.21. The van der Waals surface area contributed by atoms with E-state index in [1.54, 1.807) is 6.21 Å². The number of nitrogens with one attached hydrogen (secondary N) is 2. The first-order valence-corrected chi connectivity index (χ1v) is 6.48. The van der Waals surface area contributed by atoms with Gasteiger partial charge in [-0.05, 0) is 43.1 Å². The SMILES string of the molecule is CC(C=NNC(=S)NC1CC1)=Cc1ccccc1. The number of hydrazone groups is 1. The fourth-order valence-corrected chi connectivity index (χ4v) is 1.71. The molecule has 1 saturated carbocycles. The van der Waals surface area contributed by atoms with Crippen molar-refractivity contribution in [2.45, 2.75) is 25.8 Å². The molecule has 0 radical (unpaired) electrons. The summed E-state index contributed by atoms with van der Waals surface area (Å²) in [7, 11) is 0. The molecule has 94 valence electrons. The Morgan fingerprint density at radius 1 is 1.33 bits per heavy atom. The minimum atomic E-state index is 0.557. The number of rotatable bonds is 4. The van der Waals surface area contributed by atoms with E-state index >= 15 is 0 Å². The van der Waals surface area contributed by atoms with E-state index < -0.39 is 0 Å². The summed E-state index contributed by atoms with van der Waals surface area (Å²) in [4.78, 5) is 0. The molecule has 1 aliphatic rings. The molecule has 1 aromatic carbocycles. The van der Waals surface area contributed by atoms with Crippen LogP contribution in [0.25, 0.3) is 6.08 Å². The van der Waals surface area contributed by atoms with Gasteiger partial charge >= 0.3 is 0 Å². The van der Waals surface area contributed by atoms with Crippen LogP contribution < -0.4 is 10.7 Å². The van der Waals surface area contributed by atoms with Crippen LogP contribution in [0.1, 0.15) is 25.3 Å². The fraction of sp³-hybridized carbons (Fsp3) is 0.286. The van der Waals surface area contributed by atoms with Gasteiger partial charge in [0, 0.05) is 6.04 Å². The smallest absolute Gasteiger partial charge is 0.187 e. The van der Waals surface area contributed by atoms with Crippen molar-refractivity contribution < 1.29 is 0 Å². The molecule has 0 aliphatic heterocycles. The fourth-order valence-electron chi connectivity index (χ4n) is 1.49. The minimum absolute atomic E-state index is 0.557. The molecule has 4 heteroatoms. The number of benzene rings is 1. The maximum absolute atomic E-state index is 5.10. The Morgan fingerprint density at radius 3 is 2.72 bits per heavy atom. The van der Waals surface area contributed by atoms with Crippen LogP contribution in [0.5, 0.6) is 0 Å². The second-order valence-corrected chi connectivity index (χ2v) is 4.83. The van der Waals surface area contributed by atoms with Crippen molar-refractivity contribution in [1.29, 1.82) is 0 Å². The van der Waals surface area contributed by atoms with E-state index in [1.165, 1.54) is 18.4 Å². The first kappa shape index (κ1) is 12.8. The normalized spacial score (nSPS) is 15.7.